The minimum absolute atomic E-state index is 0.176. The minimum atomic E-state index is -0.421. The fourth-order valence-electron chi connectivity index (χ4n) is 1.91. The molecule has 1 aliphatic rings. The topological polar surface area (TPSA) is 75.1 Å². The summed E-state index contributed by atoms with van der Waals surface area (Å²) in [6, 6.07) is 1.74. The molecule has 1 aliphatic carbocycles. The molecule has 2 N–H and O–H groups in total. The normalized spacial score (nSPS) is 16.4. The van der Waals surface area contributed by atoms with Crippen LogP contribution in [0.15, 0.2) is 6.07 Å². The van der Waals surface area contributed by atoms with E-state index >= 15 is 0 Å². The highest BCUT2D eigenvalue weighted by molar-refractivity contribution is 5.95. The first kappa shape index (κ1) is 13.0. The van der Waals surface area contributed by atoms with Crippen molar-refractivity contribution in [3.63, 3.8) is 0 Å². The first-order valence-corrected chi connectivity index (χ1v) is 6.41. The second-order valence-corrected chi connectivity index (χ2v) is 4.81. The second-order valence-electron chi connectivity index (χ2n) is 4.81. The standard InChI is InChI=1S/C13H19N3O2/c1-3-11-10(6-8(2)15-16-11)13(18)14-7-12(17)9-4-5-9/h6,9,12,17H,3-5,7H2,1-2H3,(H,14,18). The molecule has 1 aromatic rings. The quantitative estimate of drug-likeness (QED) is 0.811. The van der Waals surface area contributed by atoms with Crippen molar-refractivity contribution in [3.8, 4) is 0 Å². The van der Waals surface area contributed by atoms with Crippen LogP contribution in [-0.4, -0.2) is 33.9 Å². The predicted molar refractivity (Wildman–Crippen MR) is 67.2 cm³/mol. The van der Waals surface area contributed by atoms with Crippen LogP contribution < -0.4 is 5.32 Å². The van der Waals surface area contributed by atoms with E-state index in [2.05, 4.69) is 15.5 Å². The number of amides is 1. The van der Waals surface area contributed by atoms with E-state index in [9.17, 15) is 9.90 Å². The molecule has 1 amide bonds. The fourth-order valence-corrected chi connectivity index (χ4v) is 1.91. The van der Waals surface area contributed by atoms with Gasteiger partial charge in [-0.1, -0.05) is 6.92 Å². The molecular weight excluding hydrogens is 230 g/mol. The summed E-state index contributed by atoms with van der Waals surface area (Å²) < 4.78 is 0. The van der Waals surface area contributed by atoms with Gasteiger partial charge in [0.05, 0.1) is 23.1 Å². The van der Waals surface area contributed by atoms with Crippen molar-refractivity contribution < 1.29 is 9.90 Å². The molecule has 1 fully saturated rings. The molecule has 0 saturated heterocycles. The van der Waals surface area contributed by atoms with E-state index in [0.717, 1.165) is 18.5 Å². The molecule has 1 unspecified atom stereocenters. The summed E-state index contributed by atoms with van der Waals surface area (Å²) in [5.41, 5.74) is 1.98. The Kier molecular flexibility index (Phi) is 3.91. The number of aryl methyl sites for hydroxylation is 2. The monoisotopic (exact) mass is 249 g/mol. The molecule has 0 aliphatic heterocycles. The van der Waals surface area contributed by atoms with Crippen LogP contribution in [0.3, 0.4) is 0 Å². The molecule has 98 valence electrons. The van der Waals surface area contributed by atoms with Gasteiger partial charge in [0.1, 0.15) is 0 Å². The van der Waals surface area contributed by atoms with Crippen LogP contribution in [0.25, 0.3) is 0 Å². The average Bonchev–Trinajstić information content (AvgIpc) is 3.19. The molecule has 1 atom stereocenters. The average molecular weight is 249 g/mol. The van der Waals surface area contributed by atoms with Gasteiger partial charge in [-0.15, -0.1) is 0 Å². The van der Waals surface area contributed by atoms with E-state index in [1.165, 1.54) is 0 Å². The Morgan fingerprint density at radius 1 is 1.56 bits per heavy atom. The van der Waals surface area contributed by atoms with Crippen LogP contribution in [0.4, 0.5) is 0 Å². The van der Waals surface area contributed by atoms with Gasteiger partial charge in [-0.2, -0.15) is 10.2 Å². The van der Waals surface area contributed by atoms with Crippen LogP contribution >= 0.6 is 0 Å². The Labute approximate surface area is 107 Å². The summed E-state index contributed by atoms with van der Waals surface area (Å²) in [6.45, 7) is 4.06. The van der Waals surface area contributed by atoms with E-state index in [1.54, 1.807) is 6.07 Å². The van der Waals surface area contributed by atoms with Crippen LogP contribution in [0.5, 0.6) is 0 Å². The summed E-state index contributed by atoms with van der Waals surface area (Å²) >= 11 is 0. The molecule has 0 aromatic carbocycles. The van der Waals surface area contributed by atoms with Gasteiger partial charge in [-0.05, 0) is 38.2 Å². The third kappa shape index (κ3) is 3.04. The number of rotatable bonds is 5. The molecule has 5 heteroatoms. The fraction of sp³-hybridized carbons (Fsp3) is 0.615. The van der Waals surface area contributed by atoms with E-state index in [-0.39, 0.29) is 5.91 Å². The number of aromatic nitrogens is 2. The van der Waals surface area contributed by atoms with Crippen LogP contribution in [0.1, 0.15) is 41.5 Å². The Morgan fingerprint density at radius 2 is 2.28 bits per heavy atom. The lowest BCUT2D eigenvalue weighted by Crippen LogP contribution is -2.33. The molecule has 18 heavy (non-hydrogen) atoms. The minimum Gasteiger partial charge on any atom is -0.391 e. The first-order chi connectivity index (χ1) is 8.61. The number of hydrogen-bond donors (Lipinski definition) is 2. The van der Waals surface area contributed by atoms with Gasteiger partial charge in [0.2, 0.25) is 0 Å². The lowest BCUT2D eigenvalue weighted by molar-refractivity contribution is 0.0899. The predicted octanol–water partition coefficient (Wildman–Crippen LogP) is 0.848. The zero-order valence-electron chi connectivity index (χ0n) is 10.8. The van der Waals surface area contributed by atoms with Crippen LogP contribution in [0.2, 0.25) is 0 Å². The highest BCUT2D eigenvalue weighted by Gasteiger charge is 2.29. The van der Waals surface area contributed by atoms with Crippen molar-refractivity contribution in [2.24, 2.45) is 5.92 Å². The molecule has 0 bridgehead atoms. The third-order valence-electron chi connectivity index (χ3n) is 3.21. The van der Waals surface area contributed by atoms with Crippen molar-refractivity contribution >= 4 is 5.91 Å². The number of aliphatic hydroxyl groups excluding tert-OH is 1. The maximum atomic E-state index is 12.0. The summed E-state index contributed by atoms with van der Waals surface area (Å²) in [5, 5.41) is 20.5. The van der Waals surface area contributed by atoms with Crippen LogP contribution in [-0.2, 0) is 6.42 Å². The molecular formula is C13H19N3O2. The number of carbonyl (C=O) groups is 1. The van der Waals surface area contributed by atoms with E-state index in [0.29, 0.717) is 30.1 Å². The molecule has 5 nitrogen and oxygen atoms in total. The van der Waals surface area contributed by atoms with E-state index in [4.69, 9.17) is 0 Å². The number of nitrogens with one attached hydrogen (secondary N) is 1. The van der Waals surface area contributed by atoms with Gasteiger partial charge in [0.15, 0.2) is 0 Å². The molecule has 1 aromatic heterocycles. The highest BCUT2D eigenvalue weighted by atomic mass is 16.3. The Hall–Kier alpha value is -1.49. The summed E-state index contributed by atoms with van der Waals surface area (Å²) in [6.07, 6.45) is 2.37. The Morgan fingerprint density at radius 3 is 2.89 bits per heavy atom. The van der Waals surface area contributed by atoms with Gasteiger partial charge in [0.25, 0.3) is 5.91 Å². The van der Waals surface area contributed by atoms with Gasteiger partial charge in [-0.25, -0.2) is 0 Å². The number of nitrogens with zero attached hydrogens (tertiary/aromatic N) is 2. The zero-order chi connectivity index (χ0) is 13.1. The third-order valence-corrected chi connectivity index (χ3v) is 3.21. The maximum Gasteiger partial charge on any atom is 0.253 e. The van der Waals surface area contributed by atoms with Gasteiger partial charge in [0, 0.05) is 6.54 Å². The second kappa shape index (κ2) is 5.44. The summed E-state index contributed by atoms with van der Waals surface area (Å²) in [4.78, 5) is 12.0. The number of hydrogen-bond acceptors (Lipinski definition) is 4. The SMILES string of the molecule is CCc1nnc(C)cc1C(=O)NCC(O)C1CC1. The first-order valence-electron chi connectivity index (χ1n) is 6.41. The van der Waals surface area contributed by atoms with Crippen molar-refractivity contribution in [1.82, 2.24) is 15.5 Å². The van der Waals surface area contributed by atoms with Gasteiger partial charge < -0.3 is 10.4 Å². The van der Waals surface area contributed by atoms with Crippen molar-refractivity contribution in [2.45, 2.75) is 39.2 Å². The molecule has 2 rings (SSSR count). The summed E-state index contributed by atoms with van der Waals surface area (Å²) in [5.74, 6) is 0.192. The van der Waals surface area contributed by atoms with E-state index < -0.39 is 6.10 Å². The lowest BCUT2D eigenvalue weighted by atomic mass is 10.1. The lowest BCUT2D eigenvalue weighted by Gasteiger charge is -2.12. The van der Waals surface area contributed by atoms with Crippen LogP contribution in [0, 0.1) is 12.8 Å². The Bertz CT molecular complexity index is 444. The highest BCUT2D eigenvalue weighted by Crippen LogP contribution is 2.32. The molecule has 0 radical (unpaired) electrons. The van der Waals surface area contributed by atoms with Crippen molar-refractivity contribution in [1.29, 1.82) is 0 Å². The van der Waals surface area contributed by atoms with Gasteiger partial charge >= 0.3 is 0 Å². The number of carbonyl (C=O) groups excluding carboxylic acids is 1. The Balaban J connectivity index is 2.00. The zero-order valence-corrected chi connectivity index (χ0v) is 10.8. The molecule has 0 spiro atoms. The number of aliphatic hydroxyl groups is 1. The maximum absolute atomic E-state index is 12.0. The molecule has 1 heterocycles. The molecule has 1 saturated carbocycles. The smallest absolute Gasteiger partial charge is 0.253 e. The summed E-state index contributed by atoms with van der Waals surface area (Å²) in [7, 11) is 0. The largest absolute Gasteiger partial charge is 0.391 e. The van der Waals surface area contributed by atoms with Crippen molar-refractivity contribution in [3.05, 3.63) is 23.0 Å². The van der Waals surface area contributed by atoms with E-state index in [1.807, 2.05) is 13.8 Å². The van der Waals surface area contributed by atoms with Crippen molar-refractivity contribution in [2.75, 3.05) is 6.54 Å². The van der Waals surface area contributed by atoms with Gasteiger partial charge in [-0.3, -0.25) is 4.79 Å².